The number of urea groups is 1. The molecule has 2 aliphatic rings. The van der Waals surface area contributed by atoms with Crippen molar-refractivity contribution in [3.63, 3.8) is 0 Å². The fourth-order valence-electron chi connectivity index (χ4n) is 5.52. The summed E-state index contributed by atoms with van der Waals surface area (Å²) in [5.41, 5.74) is 0.883. The molecule has 40 heavy (non-hydrogen) atoms. The lowest BCUT2D eigenvalue weighted by Crippen LogP contribution is -2.57. The number of amides is 4. The molecule has 2 atom stereocenters. The van der Waals surface area contributed by atoms with Crippen molar-refractivity contribution in [1.29, 1.82) is 0 Å². The molecule has 4 rings (SSSR count). The highest BCUT2D eigenvalue weighted by Crippen LogP contribution is 2.29. The molecule has 1 aliphatic heterocycles. The van der Waals surface area contributed by atoms with Crippen molar-refractivity contribution >= 4 is 29.5 Å². The Morgan fingerprint density at radius 3 is 2.45 bits per heavy atom. The first-order valence-electron chi connectivity index (χ1n) is 13.5. The molecule has 2 aromatic carbocycles. The van der Waals surface area contributed by atoms with Crippen LogP contribution in [0.4, 0.5) is 14.9 Å². The number of methoxy groups -OCH3 is 1. The number of anilines is 1. The standard InChI is InChI=1S/C29H35FN4O6/c1-40-23-12-5-7-19(15-23)16-25(35)33-13-14-34(29(39)31-22-11-6-10-21(30)17-22)28(33)27(38)32-24(18-26(36)37)20-8-3-2-4-9-20/h5-7,10-12,15,17,20,24,28H,2-4,8-9,13-14,16,18H2,1H3,(H,31,39)(H,32,38)(H,36,37). The van der Waals surface area contributed by atoms with E-state index in [9.17, 15) is 28.7 Å². The lowest BCUT2D eigenvalue weighted by Gasteiger charge is -2.34. The molecule has 2 unspecified atom stereocenters. The molecule has 10 nitrogen and oxygen atoms in total. The molecule has 0 spiro atoms. The zero-order valence-electron chi connectivity index (χ0n) is 22.5. The van der Waals surface area contributed by atoms with Crippen LogP contribution in [0.3, 0.4) is 0 Å². The minimum Gasteiger partial charge on any atom is -0.497 e. The van der Waals surface area contributed by atoms with Crippen molar-refractivity contribution < 1.29 is 33.4 Å². The van der Waals surface area contributed by atoms with Crippen LogP contribution in [0.5, 0.6) is 5.75 Å². The van der Waals surface area contributed by atoms with Gasteiger partial charge in [0.05, 0.1) is 20.0 Å². The fourth-order valence-corrected chi connectivity index (χ4v) is 5.52. The third-order valence-electron chi connectivity index (χ3n) is 7.49. The molecular weight excluding hydrogens is 519 g/mol. The molecule has 1 saturated heterocycles. The second-order valence-corrected chi connectivity index (χ2v) is 10.2. The Balaban J connectivity index is 1.57. The van der Waals surface area contributed by atoms with E-state index in [1.54, 1.807) is 24.3 Å². The van der Waals surface area contributed by atoms with Gasteiger partial charge < -0.3 is 25.4 Å². The number of rotatable bonds is 9. The average Bonchev–Trinajstić information content (AvgIpc) is 3.39. The number of benzene rings is 2. The van der Waals surface area contributed by atoms with Crippen LogP contribution in [0.25, 0.3) is 0 Å². The third-order valence-corrected chi connectivity index (χ3v) is 7.49. The van der Waals surface area contributed by atoms with Crippen molar-refractivity contribution in [2.24, 2.45) is 5.92 Å². The number of carbonyl (C=O) groups excluding carboxylic acids is 3. The van der Waals surface area contributed by atoms with Gasteiger partial charge in [0.2, 0.25) is 5.91 Å². The normalized spacial score (nSPS) is 18.2. The van der Waals surface area contributed by atoms with Gasteiger partial charge >= 0.3 is 12.0 Å². The van der Waals surface area contributed by atoms with Gasteiger partial charge in [0.15, 0.2) is 6.17 Å². The Bertz CT molecular complexity index is 1230. The van der Waals surface area contributed by atoms with Crippen LogP contribution in [0.1, 0.15) is 44.1 Å². The Morgan fingerprint density at radius 1 is 1.02 bits per heavy atom. The van der Waals surface area contributed by atoms with Gasteiger partial charge in [-0.05, 0) is 54.7 Å². The van der Waals surface area contributed by atoms with Gasteiger partial charge in [0.1, 0.15) is 11.6 Å². The first-order valence-corrected chi connectivity index (χ1v) is 13.5. The maximum absolute atomic E-state index is 13.8. The molecule has 4 amide bonds. The number of hydrogen-bond donors (Lipinski definition) is 3. The zero-order chi connectivity index (χ0) is 28.6. The van der Waals surface area contributed by atoms with Crippen LogP contribution in [-0.2, 0) is 20.8 Å². The first kappa shape index (κ1) is 28.8. The Morgan fingerprint density at radius 2 is 1.75 bits per heavy atom. The van der Waals surface area contributed by atoms with Crippen LogP contribution in [0.15, 0.2) is 48.5 Å². The molecule has 2 aromatic rings. The summed E-state index contributed by atoms with van der Waals surface area (Å²) in [4.78, 5) is 54.7. The second kappa shape index (κ2) is 13.3. The van der Waals surface area contributed by atoms with Gasteiger partial charge in [0.25, 0.3) is 5.91 Å². The van der Waals surface area contributed by atoms with Gasteiger partial charge in [0, 0.05) is 24.8 Å². The SMILES string of the molecule is COc1cccc(CC(=O)N2CCN(C(=O)Nc3cccc(F)c3)C2C(=O)NC(CC(=O)O)C2CCCCC2)c1. The number of halogens is 1. The minimum absolute atomic E-state index is 0.00860. The number of carbonyl (C=O) groups is 4. The van der Waals surface area contributed by atoms with Crippen LogP contribution in [0.2, 0.25) is 0 Å². The predicted octanol–water partition coefficient (Wildman–Crippen LogP) is 3.62. The van der Waals surface area contributed by atoms with E-state index in [2.05, 4.69) is 10.6 Å². The molecule has 0 bridgehead atoms. The van der Waals surface area contributed by atoms with Crippen molar-refractivity contribution in [3.8, 4) is 5.75 Å². The summed E-state index contributed by atoms with van der Waals surface area (Å²) < 4.78 is 19.0. The Hall–Kier alpha value is -4.15. The summed E-state index contributed by atoms with van der Waals surface area (Å²) in [5, 5.41) is 15.0. The van der Waals surface area contributed by atoms with Crippen molar-refractivity contribution in [1.82, 2.24) is 15.1 Å². The van der Waals surface area contributed by atoms with Crippen molar-refractivity contribution in [2.45, 2.75) is 57.2 Å². The predicted molar refractivity (Wildman–Crippen MR) is 145 cm³/mol. The van der Waals surface area contributed by atoms with E-state index in [4.69, 9.17) is 4.74 Å². The van der Waals surface area contributed by atoms with Gasteiger partial charge in [-0.2, -0.15) is 0 Å². The molecule has 1 aliphatic carbocycles. The summed E-state index contributed by atoms with van der Waals surface area (Å²) >= 11 is 0. The van der Waals surface area contributed by atoms with E-state index in [-0.39, 0.29) is 43.4 Å². The largest absolute Gasteiger partial charge is 0.497 e. The molecular formula is C29H35FN4O6. The number of aliphatic carboxylic acids is 1. The highest BCUT2D eigenvalue weighted by atomic mass is 19.1. The smallest absolute Gasteiger partial charge is 0.323 e. The first-order chi connectivity index (χ1) is 19.2. The van der Waals surface area contributed by atoms with E-state index in [1.807, 2.05) is 0 Å². The number of carboxylic acids is 1. The molecule has 1 heterocycles. The van der Waals surface area contributed by atoms with Gasteiger partial charge in [-0.25, -0.2) is 9.18 Å². The summed E-state index contributed by atoms with van der Waals surface area (Å²) in [6, 6.07) is 11.1. The average molecular weight is 555 g/mol. The number of ether oxygens (including phenoxy) is 1. The molecule has 2 fully saturated rings. The minimum atomic E-state index is -1.30. The highest BCUT2D eigenvalue weighted by Gasteiger charge is 2.44. The molecule has 11 heteroatoms. The van der Waals surface area contributed by atoms with Gasteiger partial charge in [-0.15, -0.1) is 0 Å². The number of hydrogen-bond acceptors (Lipinski definition) is 5. The van der Waals surface area contributed by atoms with Gasteiger partial charge in [-0.1, -0.05) is 37.5 Å². The van der Waals surface area contributed by atoms with E-state index in [0.717, 1.165) is 38.2 Å². The highest BCUT2D eigenvalue weighted by molar-refractivity contribution is 5.96. The van der Waals surface area contributed by atoms with Crippen LogP contribution >= 0.6 is 0 Å². The second-order valence-electron chi connectivity index (χ2n) is 10.2. The summed E-state index contributed by atoms with van der Waals surface area (Å²) in [6.07, 6.45) is 2.98. The van der Waals surface area contributed by atoms with Crippen molar-refractivity contribution in [3.05, 3.63) is 59.9 Å². The molecule has 0 radical (unpaired) electrons. The maximum Gasteiger partial charge on any atom is 0.323 e. The van der Waals surface area contributed by atoms with Crippen LogP contribution in [0, 0.1) is 11.7 Å². The van der Waals surface area contributed by atoms with E-state index in [0.29, 0.717) is 11.3 Å². The fraction of sp³-hybridized carbons (Fsp3) is 0.448. The van der Waals surface area contributed by atoms with Crippen LogP contribution in [-0.4, -0.2) is 71.1 Å². The lowest BCUT2D eigenvalue weighted by molar-refractivity contribution is -0.142. The summed E-state index contributed by atoms with van der Waals surface area (Å²) in [6.45, 7) is 0.167. The molecule has 0 aromatic heterocycles. The van der Waals surface area contributed by atoms with E-state index < -0.39 is 35.9 Å². The van der Waals surface area contributed by atoms with Crippen molar-refractivity contribution in [2.75, 3.05) is 25.5 Å². The van der Waals surface area contributed by atoms with Crippen LogP contribution < -0.4 is 15.4 Å². The Kier molecular flexibility index (Phi) is 9.57. The summed E-state index contributed by atoms with van der Waals surface area (Å²) in [7, 11) is 1.52. The maximum atomic E-state index is 13.8. The number of nitrogens with one attached hydrogen (secondary N) is 2. The molecule has 1 saturated carbocycles. The van der Waals surface area contributed by atoms with E-state index >= 15 is 0 Å². The van der Waals surface area contributed by atoms with E-state index in [1.165, 1.54) is 35.1 Å². The quantitative estimate of drug-likeness (QED) is 0.435. The summed E-state index contributed by atoms with van der Waals surface area (Å²) in [5.74, 6) is -1.99. The number of carboxylic acid groups (broad SMARTS) is 1. The zero-order valence-corrected chi connectivity index (χ0v) is 22.5. The third kappa shape index (κ3) is 7.28. The molecule has 214 valence electrons. The topological polar surface area (TPSA) is 128 Å². The monoisotopic (exact) mass is 554 g/mol. The number of nitrogens with zero attached hydrogens (tertiary/aromatic N) is 2. The van der Waals surface area contributed by atoms with Gasteiger partial charge in [-0.3, -0.25) is 19.3 Å². The Labute approximate surface area is 232 Å². The lowest BCUT2D eigenvalue weighted by atomic mass is 9.82. The molecule has 3 N–H and O–H groups in total.